The van der Waals surface area contributed by atoms with E-state index in [9.17, 15) is 19.1 Å². The van der Waals surface area contributed by atoms with E-state index >= 15 is 0 Å². The van der Waals surface area contributed by atoms with Gasteiger partial charge < -0.3 is 19.5 Å². The number of halogens is 1. The Morgan fingerprint density at radius 3 is 2.29 bits per heavy atom. The third kappa shape index (κ3) is 4.21. The van der Waals surface area contributed by atoms with E-state index in [1.165, 1.54) is 0 Å². The average molecular weight is 239 g/mol. The Kier molecular flexibility index (Phi) is 5.05. The maximum atomic E-state index is 13.6. The molecule has 0 aliphatic carbocycles. The molecule has 0 aromatic heterocycles. The first-order chi connectivity index (χ1) is 7.14. The number of hydrogen-bond donors (Lipinski definition) is 0. The summed E-state index contributed by atoms with van der Waals surface area (Å²) in [4.78, 5) is 23.0. The summed E-state index contributed by atoms with van der Waals surface area (Å²) in [7, 11) is 0. The minimum absolute atomic E-state index is 0. The topological polar surface area (TPSA) is 69.7 Å². The summed E-state index contributed by atoms with van der Waals surface area (Å²) in [6.45, 7) is 4.57. The first-order valence-electron chi connectivity index (χ1n) is 5.02. The van der Waals surface area contributed by atoms with Crippen LogP contribution in [0, 0.1) is 0 Å². The molecule has 1 aliphatic rings. The van der Waals surface area contributed by atoms with E-state index in [2.05, 4.69) is 0 Å². The standard InChI is InChI=1S/C10H16FNO4.Li/c1-9(2,3)16-8(15)12-5-4-10(11,6-12)7(13)14;/h4-6H2,1-3H3,(H,13,14);/q;+1/p-1/t10-;/m0./s1. The molecule has 0 aromatic carbocycles. The van der Waals surface area contributed by atoms with Crippen LogP contribution in [0.15, 0.2) is 0 Å². The maximum absolute atomic E-state index is 13.6. The number of ether oxygens (including phenoxy) is 1. The summed E-state index contributed by atoms with van der Waals surface area (Å²) >= 11 is 0. The van der Waals surface area contributed by atoms with E-state index in [4.69, 9.17) is 4.74 Å². The summed E-state index contributed by atoms with van der Waals surface area (Å²) in [6.07, 6.45) is -0.956. The van der Waals surface area contributed by atoms with Crippen LogP contribution in [0.3, 0.4) is 0 Å². The Hall–Kier alpha value is -0.733. The quantitative estimate of drug-likeness (QED) is 0.460. The zero-order chi connectivity index (χ0) is 12.6. The summed E-state index contributed by atoms with van der Waals surface area (Å²) in [5.41, 5.74) is -3.13. The number of alkyl halides is 1. The smallest absolute Gasteiger partial charge is 0.547 e. The normalized spacial score (nSPS) is 24.1. The number of carbonyl (C=O) groups is 2. The zero-order valence-electron chi connectivity index (χ0n) is 10.6. The van der Waals surface area contributed by atoms with Crippen LogP contribution >= 0.6 is 0 Å². The van der Waals surface area contributed by atoms with Crippen LogP contribution in [-0.2, 0) is 9.53 Å². The van der Waals surface area contributed by atoms with Gasteiger partial charge in [0.05, 0.1) is 12.5 Å². The number of amides is 1. The number of nitrogens with zero attached hydrogens (tertiary/aromatic N) is 1. The van der Waals surface area contributed by atoms with Gasteiger partial charge in [-0.3, -0.25) is 0 Å². The second-order valence-corrected chi connectivity index (χ2v) is 4.90. The number of carboxylic acids is 1. The van der Waals surface area contributed by atoms with Gasteiger partial charge in [0.25, 0.3) is 0 Å². The molecule has 0 N–H and O–H groups in total. The molecule has 1 aliphatic heterocycles. The molecule has 1 fully saturated rings. The molecule has 1 atom stereocenters. The Balaban J connectivity index is 0.00000256. The van der Waals surface area contributed by atoms with Crippen molar-refractivity contribution in [2.75, 3.05) is 13.1 Å². The molecule has 0 bridgehead atoms. The fraction of sp³-hybridized carbons (Fsp3) is 0.800. The Bertz CT molecular complexity index is 318. The van der Waals surface area contributed by atoms with Crippen LogP contribution in [0.4, 0.5) is 9.18 Å². The van der Waals surface area contributed by atoms with Crippen molar-refractivity contribution in [3.63, 3.8) is 0 Å². The first kappa shape index (κ1) is 16.3. The van der Waals surface area contributed by atoms with Gasteiger partial charge in [0.2, 0.25) is 0 Å². The molecule has 5 nitrogen and oxygen atoms in total. The number of rotatable bonds is 1. The van der Waals surface area contributed by atoms with Crippen molar-refractivity contribution in [2.45, 2.75) is 38.5 Å². The van der Waals surface area contributed by atoms with Crippen LogP contribution in [0.1, 0.15) is 27.2 Å². The molecule has 0 spiro atoms. The molecule has 0 unspecified atom stereocenters. The van der Waals surface area contributed by atoms with Gasteiger partial charge in [0.1, 0.15) is 5.60 Å². The van der Waals surface area contributed by atoms with E-state index in [0.717, 1.165) is 4.90 Å². The van der Waals surface area contributed by atoms with Crippen LogP contribution in [0.25, 0.3) is 0 Å². The van der Waals surface area contributed by atoms with Crippen molar-refractivity contribution < 1.29 is 42.7 Å². The van der Waals surface area contributed by atoms with Gasteiger partial charge >= 0.3 is 25.0 Å². The Morgan fingerprint density at radius 2 is 1.94 bits per heavy atom. The summed E-state index contributed by atoms with van der Waals surface area (Å²) < 4.78 is 18.6. The van der Waals surface area contributed by atoms with Crippen molar-refractivity contribution in [3.8, 4) is 0 Å². The van der Waals surface area contributed by atoms with Gasteiger partial charge in [0, 0.05) is 13.0 Å². The van der Waals surface area contributed by atoms with Gasteiger partial charge in [-0.25, -0.2) is 9.18 Å². The molecule has 0 aromatic rings. The number of carbonyl (C=O) groups excluding carboxylic acids is 2. The summed E-state index contributed by atoms with van der Waals surface area (Å²) in [5, 5.41) is 10.5. The third-order valence-corrected chi connectivity index (χ3v) is 2.24. The second kappa shape index (κ2) is 5.28. The van der Waals surface area contributed by atoms with Gasteiger partial charge in [-0.2, -0.15) is 0 Å². The molecule has 1 saturated heterocycles. The Morgan fingerprint density at radius 1 is 1.41 bits per heavy atom. The fourth-order valence-electron chi connectivity index (χ4n) is 1.42. The van der Waals surface area contributed by atoms with Gasteiger partial charge in [-0.05, 0) is 20.8 Å². The van der Waals surface area contributed by atoms with Crippen LogP contribution in [0.2, 0.25) is 0 Å². The molecule has 92 valence electrons. The third-order valence-electron chi connectivity index (χ3n) is 2.24. The maximum Gasteiger partial charge on any atom is 1.00 e. The molecule has 17 heavy (non-hydrogen) atoms. The predicted octanol–water partition coefficient (Wildman–Crippen LogP) is -2.91. The van der Waals surface area contributed by atoms with E-state index in [0.29, 0.717) is 0 Å². The number of likely N-dealkylation sites (tertiary alicyclic amines) is 1. The molecular formula is C10H15FLiNO4. The molecule has 1 amide bonds. The minimum Gasteiger partial charge on any atom is -0.547 e. The van der Waals surface area contributed by atoms with Crippen molar-refractivity contribution >= 4 is 12.1 Å². The summed E-state index contributed by atoms with van der Waals surface area (Å²) in [5.74, 6) is -1.78. The largest absolute Gasteiger partial charge is 1.00 e. The van der Waals surface area contributed by atoms with Crippen LogP contribution in [0.5, 0.6) is 0 Å². The van der Waals surface area contributed by atoms with E-state index in [1.54, 1.807) is 20.8 Å². The molecule has 0 saturated carbocycles. The van der Waals surface area contributed by atoms with Crippen LogP contribution in [-0.4, -0.2) is 41.3 Å². The summed E-state index contributed by atoms with van der Waals surface area (Å²) in [6, 6.07) is 0. The Labute approximate surface area is 111 Å². The molecule has 1 heterocycles. The van der Waals surface area contributed by atoms with E-state index < -0.39 is 29.9 Å². The number of aliphatic carboxylic acids is 1. The van der Waals surface area contributed by atoms with Crippen molar-refractivity contribution in [3.05, 3.63) is 0 Å². The number of carboxylic acid groups (broad SMARTS) is 1. The van der Waals surface area contributed by atoms with Crippen LogP contribution < -0.4 is 24.0 Å². The van der Waals surface area contributed by atoms with E-state index in [-0.39, 0.29) is 31.8 Å². The van der Waals surface area contributed by atoms with Crippen molar-refractivity contribution in [1.29, 1.82) is 0 Å². The molecule has 1 rings (SSSR count). The first-order valence-corrected chi connectivity index (χ1v) is 5.02. The van der Waals surface area contributed by atoms with Gasteiger partial charge in [-0.15, -0.1) is 0 Å². The molecule has 7 heteroatoms. The molecular weight excluding hydrogens is 224 g/mol. The fourth-order valence-corrected chi connectivity index (χ4v) is 1.42. The van der Waals surface area contributed by atoms with Crippen molar-refractivity contribution in [1.82, 2.24) is 4.90 Å². The average Bonchev–Trinajstić information content (AvgIpc) is 2.46. The zero-order valence-corrected chi connectivity index (χ0v) is 10.6. The predicted molar refractivity (Wildman–Crippen MR) is 51.3 cm³/mol. The minimum atomic E-state index is -2.45. The molecule has 0 radical (unpaired) electrons. The second-order valence-electron chi connectivity index (χ2n) is 4.90. The van der Waals surface area contributed by atoms with E-state index in [1.807, 2.05) is 0 Å². The monoisotopic (exact) mass is 239 g/mol. The van der Waals surface area contributed by atoms with Gasteiger partial charge in [-0.1, -0.05) is 0 Å². The SMILES string of the molecule is CC(C)(C)OC(=O)N1CC[C@@](F)(C(=O)[O-])C1.[Li+]. The number of hydrogen-bond acceptors (Lipinski definition) is 4. The van der Waals surface area contributed by atoms with Gasteiger partial charge in [0.15, 0.2) is 5.67 Å². The van der Waals surface area contributed by atoms with Crippen molar-refractivity contribution in [2.24, 2.45) is 0 Å².